The van der Waals surface area contributed by atoms with Crippen molar-refractivity contribution in [2.24, 2.45) is 5.73 Å². The lowest BCUT2D eigenvalue weighted by molar-refractivity contribution is -0.123. The number of methoxy groups -OCH3 is 1. The zero-order valence-electron chi connectivity index (χ0n) is 15.9. The molecule has 0 aliphatic rings. The Kier molecular flexibility index (Phi) is 6.97. The summed E-state index contributed by atoms with van der Waals surface area (Å²) in [5, 5.41) is 2.60. The van der Waals surface area contributed by atoms with Crippen LogP contribution in [-0.4, -0.2) is 37.6 Å². The van der Waals surface area contributed by atoms with Gasteiger partial charge in [-0.25, -0.2) is 4.79 Å². The molecular formula is C20H22N2O6. The number of esters is 1. The van der Waals surface area contributed by atoms with Crippen LogP contribution in [-0.2, 0) is 9.53 Å². The van der Waals surface area contributed by atoms with Gasteiger partial charge < -0.3 is 25.3 Å². The van der Waals surface area contributed by atoms with E-state index in [4.69, 9.17) is 19.9 Å². The SMILES string of the molecule is CCOc1cc(C(=O)O[C@@H](C)C(=O)Nc2ccc(C(N)=O)cc2)ccc1OC. The minimum absolute atomic E-state index is 0.231. The molecule has 2 aromatic rings. The van der Waals surface area contributed by atoms with Crippen LogP contribution in [0.15, 0.2) is 42.5 Å². The normalized spacial score (nSPS) is 11.2. The van der Waals surface area contributed by atoms with Crippen molar-refractivity contribution in [1.82, 2.24) is 0 Å². The Balaban J connectivity index is 2.02. The Morgan fingerprint density at radius 1 is 1.04 bits per heavy atom. The molecule has 0 saturated carbocycles. The molecule has 0 saturated heterocycles. The minimum atomic E-state index is -1.04. The predicted octanol–water partition coefficient (Wildman–Crippen LogP) is 2.38. The van der Waals surface area contributed by atoms with E-state index in [-0.39, 0.29) is 5.56 Å². The van der Waals surface area contributed by atoms with E-state index in [2.05, 4.69) is 5.32 Å². The predicted molar refractivity (Wildman–Crippen MR) is 103 cm³/mol. The van der Waals surface area contributed by atoms with E-state index >= 15 is 0 Å². The highest BCUT2D eigenvalue weighted by atomic mass is 16.5. The van der Waals surface area contributed by atoms with Gasteiger partial charge in [-0.15, -0.1) is 0 Å². The van der Waals surface area contributed by atoms with Gasteiger partial charge in [0, 0.05) is 11.3 Å². The number of rotatable bonds is 8. The number of nitrogens with two attached hydrogens (primary N) is 1. The van der Waals surface area contributed by atoms with E-state index in [1.54, 1.807) is 6.07 Å². The van der Waals surface area contributed by atoms with E-state index in [1.165, 1.54) is 50.4 Å². The summed E-state index contributed by atoms with van der Waals surface area (Å²) in [7, 11) is 1.50. The summed E-state index contributed by atoms with van der Waals surface area (Å²) in [6, 6.07) is 10.7. The van der Waals surface area contributed by atoms with Gasteiger partial charge in [0.2, 0.25) is 5.91 Å². The largest absolute Gasteiger partial charge is 0.493 e. The van der Waals surface area contributed by atoms with Gasteiger partial charge in [0.05, 0.1) is 19.3 Å². The Hall–Kier alpha value is -3.55. The molecule has 0 unspecified atom stereocenters. The molecule has 28 heavy (non-hydrogen) atoms. The lowest BCUT2D eigenvalue weighted by Crippen LogP contribution is -2.30. The van der Waals surface area contributed by atoms with Crippen molar-refractivity contribution in [3.63, 3.8) is 0 Å². The first-order chi connectivity index (χ1) is 13.3. The van der Waals surface area contributed by atoms with E-state index in [9.17, 15) is 14.4 Å². The molecule has 8 heteroatoms. The van der Waals surface area contributed by atoms with E-state index in [0.29, 0.717) is 29.4 Å². The smallest absolute Gasteiger partial charge is 0.339 e. The first-order valence-corrected chi connectivity index (χ1v) is 8.58. The second kappa shape index (κ2) is 9.40. The number of ether oxygens (including phenoxy) is 3. The molecule has 2 amide bonds. The summed E-state index contributed by atoms with van der Waals surface area (Å²) < 4.78 is 15.8. The van der Waals surface area contributed by atoms with Crippen LogP contribution in [0.3, 0.4) is 0 Å². The molecule has 3 N–H and O–H groups in total. The molecule has 1 atom stereocenters. The topological polar surface area (TPSA) is 117 Å². The summed E-state index contributed by atoms with van der Waals surface area (Å²) in [4.78, 5) is 35.6. The third-order valence-corrected chi connectivity index (χ3v) is 3.79. The quantitative estimate of drug-likeness (QED) is 0.673. The Bertz CT molecular complexity index is 863. The lowest BCUT2D eigenvalue weighted by Gasteiger charge is -2.15. The first-order valence-electron chi connectivity index (χ1n) is 8.58. The van der Waals surface area contributed by atoms with Gasteiger partial charge in [-0.3, -0.25) is 9.59 Å². The highest BCUT2D eigenvalue weighted by Crippen LogP contribution is 2.28. The maximum absolute atomic E-state index is 12.3. The number of nitrogens with one attached hydrogen (secondary N) is 1. The standard InChI is InChI=1S/C20H22N2O6/c1-4-27-17-11-14(7-10-16(17)26-3)20(25)28-12(2)19(24)22-15-8-5-13(6-9-15)18(21)23/h5-12H,4H2,1-3H3,(H2,21,23)(H,22,24)/t12-/m0/s1. The minimum Gasteiger partial charge on any atom is -0.493 e. The number of hydrogen-bond donors (Lipinski definition) is 2. The number of benzene rings is 2. The van der Waals surface area contributed by atoms with Crippen LogP contribution >= 0.6 is 0 Å². The zero-order valence-corrected chi connectivity index (χ0v) is 15.9. The third-order valence-electron chi connectivity index (χ3n) is 3.79. The van der Waals surface area contributed by atoms with Crippen molar-refractivity contribution in [2.75, 3.05) is 19.0 Å². The fraction of sp³-hybridized carbons (Fsp3) is 0.250. The van der Waals surface area contributed by atoms with Crippen molar-refractivity contribution in [1.29, 1.82) is 0 Å². The molecule has 8 nitrogen and oxygen atoms in total. The Labute approximate surface area is 162 Å². The summed E-state index contributed by atoms with van der Waals surface area (Å²) in [6.45, 7) is 3.67. The molecule has 2 rings (SSSR count). The molecule has 0 radical (unpaired) electrons. The number of anilines is 1. The monoisotopic (exact) mass is 386 g/mol. The average molecular weight is 386 g/mol. The average Bonchev–Trinajstić information content (AvgIpc) is 2.68. The highest BCUT2D eigenvalue weighted by Gasteiger charge is 2.20. The summed E-state index contributed by atoms with van der Waals surface area (Å²) in [6.07, 6.45) is -1.04. The Morgan fingerprint density at radius 2 is 1.68 bits per heavy atom. The second-order valence-corrected chi connectivity index (χ2v) is 5.78. The summed E-state index contributed by atoms with van der Waals surface area (Å²) in [5.41, 5.74) is 6.17. The van der Waals surface area contributed by atoms with E-state index < -0.39 is 23.9 Å². The van der Waals surface area contributed by atoms with Crippen LogP contribution in [0.5, 0.6) is 11.5 Å². The van der Waals surface area contributed by atoms with E-state index in [1.807, 2.05) is 6.92 Å². The van der Waals surface area contributed by atoms with Crippen molar-refractivity contribution in [2.45, 2.75) is 20.0 Å². The first kappa shape index (κ1) is 20.8. The number of amides is 2. The van der Waals surface area contributed by atoms with E-state index in [0.717, 1.165) is 0 Å². The Morgan fingerprint density at radius 3 is 2.25 bits per heavy atom. The number of primary amides is 1. The van der Waals surface area contributed by atoms with Gasteiger partial charge in [0.25, 0.3) is 5.91 Å². The van der Waals surface area contributed by atoms with Crippen LogP contribution < -0.4 is 20.5 Å². The maximum Gasteiger partial charge on any atom is 0.339 e. The molecule has 0 heterocycles. The summed E-state index contributed by atoms with van der Waals surface area (Å²) in [5.74, 6) is -0.852. The number of carbonyl (C=O) groups excluding carboxylic acids is 3. The van der Waals surface area contributed by atoms with Crippen LogP contribution in [0.4, 0.5) is 5.69 Å². The fourth-order valence-electron chi connectivity index (χ4n) is 2.32. The second-order valence-electron chi connectivity index (χ2n) is 5.78. The zero-order chi connectivity index (χ0) is 20.7. The van der Waals surface area contributed by atoms with Crippen LogP contribution in [0.1, 0.15) is 34.6 Å². The van der Waals surface area contributed by atoms with Gasteiger partial charge in [-0.1, -0.05) is 0 Å². The van der Waals surface area contributed by atoms with Crippen molar-refractivity contribution in [3.8, 4) is 11.5 Å². The molecule has 0 bridgehead atoms. The maximum atomic E-state index is 12.3. The van der Waals surface area contributed by atoms with Gasteiger partial charge in [0.1, 0.15) is 0 Å². The molecule has 2 aromatic carbocycles. The third kappa shape index (κ3) is 5.23. The van der Waals surface area contributed by atoms with Crippen molar-refractivity contribution >= 4 is 23.5 Å². The molecule has 0 spiro atoms. The van der Waals surface area contributed by atoms with Gasteiger partial charge in [0.15, 0.2) is 17.6 Å². The number of hydrogen-bond acceptors (Lipinski definition) is 6. The van der Waals surface area contributed by atoms with Gasteiger partial charge in [-0.2, -0.15) is 0 Å². The fourth-order valence-corrected chi connectivity index (χ4v) is 2.32. The molecular weight excluding hydrogens is 364 g/mol. The molecule has 0 fully saturated rings. The van der Waals surface area contributed by atoms with Crippen LogP contribution in [0.2, 0.25) is 0 Å². The summed E-state index contributed by atoms with van der Waals surface area (Å²) >= 11 is 0. The van der Waals surface area contributed by atoms with Gasteiger partial charge >= 0.3 is 5.97 Å². The van der Waals surface area contributed by atoms with Crippen molar-refractivity contribution < 1.29 is 28.6 Å². The molecule has 0 aromatic heterocycles. The molecule has 0 aliphatic carbocycles. The van der Waals surface area contributed by atoms with Crippen LogP contribution in [0, 0.1) is 0 Å². The number of carbonyl (C=O) groups is 3. The highest BCUT2D eigenvalue weighted by molar-refractivity contribution is 5.98. The van der Waals surface area contributed by atoms with Crippen LogP contribution in [0.25, 0.3) is 0 Å². The lowest BCUT2D eigenvalue weighted by atomic mass is 10.2. The molecule has 0 aliphatic heterocycles. The van der Waals surface area contributed by atoms with Gasteiger partial charge in [-0.05, 0) is 56.3 Å². The molecule has 148 valence electrons. The van der Waals surface area contributed by atoms with Crippen molar-refractivity contribution in [3.05, 3.63) is 53.6 Å².